The smallest absolute Gasteiger partial charge is 0.148 e. The molecule has 0 bridgehead atoms. The van der Waals surface area contributed by atoms with Crippen molar-refractivity contribution in [3.63, 3.8) is 0 Å². The maximum Gasteiger partial charge on any atom is 0.148 e. The molecule has 3 aliphatic carbocycles. The topological polar surface area (TPSA) is 14.2 Å². The Balaban J connectivity index is 1.23. The Hall–Kier alpha value is -4.56. The molecule has 0 radical (unpaired) electrons. The van der Waals surface area contributed by atoms with Gasteiger partial charge in [0.05, 0.1) is 11.0 Å². The number of fused-ring (bicyclic) bond motifs is 10. The SMILES string of the molecule is CC1(C)C2=C(c3ccc(-n4c5ccccc5c5ccc6c(c54)OC4C=CC=CC64)cc3)C=CCC2(C)c2ccccc21. The van der Waals surface area contributed by atoms with Crippen LogP contribution in [0.4, 0.5) is 0 Å². The quantitative estimate of drug-likeness (QED) is 0.216. The lowest BCUT2D eigenvalue weighted by Gasteiger charge is -2.36. The fraction of sp³-hybridized carbons (Fsp3) is 0.200. The Kier molecular flexibility index (Phi) is 4.73. The van der Waals surface area contributed by atoms with Crippen molar-refractivity contribution < 1.29 is 4.74 Å². The van der Waals surface area contributed by atoms with Crippen molar-refractivity contribution in [1.29, 1.82) is 0 Å². The third-order valence-electron chi connectivity index (χ3n) is 10.4. The van der Waals surface area contributed by atoms with Crippen LogP contribution in [-0.2, 0) is 10.8 Å². The lowest BCUT2D eigenvalue weighted by atomic mass is 9.67. The highest BCUT2D eigenvalue weighted by molar-refractivity contribution is 6.12. The first kappa shape index (κ1) is 24.1. The normalized spacial score (nSPS) is 24.5. The van der Waals surface area contributed by atoms with E-state index >= 15 is 0 Å². The van der Waals surface area contributed by atoms with E-state index in [1.165, 1.54) is 44.1 Å². The predicted octanol–water partition coefficient (Wildman–Crippen LogP) is 9.72. The maximum atomic E-state index is 6.67. The summed E-state index contributed by atoms with van der Waals surface area (Å²) < 4.78 is 9.08. The molecule has 42 heavy (non-hydrogen) atoms. The average Bonchev–Trinajstić information content (AvgIpc) is 3.62. The molecule has 2 heterocycles. The number of ether oxygens (including phenoxy) is 1. The Bertz CT molecular complexity index is 2080. The fourth-order valence-corrected chi connectivity index (χ4v) is 8.65. The van der Waals surface area contributed by atoms with Gasteiger partial charge in [0.15, 0.2) is 0 Å². The molecule has 0 N–H and O–H groups in total. The average molecular weight is 544 g/mol. The lowest BCUT2D eigenvalue weighted by Crippen LogP contribution is -2.29. The van der Waals surface area contributed by atoms with Gasteiger partial charge in [-0.3, -0.25) is 0 Å². The van der Waals surface area contributed by atoms with E-state index in [1.54, 1.807) is 5.57 Å². The minimum Gasteiger partial charge on any atom is -0.483 e. The van der Waals surface area contributed by atoms with E-state index in [4.69, 9.17) is 4.74 Å². The van der Waals surface area contributed by atoms with Crippen LogP contribution in [0, 0.1) is 0 Å². The summed E-state index contributed by atoms with van der Waals surface area (Å²) in [5, 5.41) is 2.49. The van der Waals surface area contributed by atoms with Crippen LogP contribution in [0.3, 0.4) is 0 Å². The summed E-state index contributed by atoms with van der Waals surface area (Å²) in [7, 11) is 0. The molecule has 2 heteroatoms. The van der Waals surface area contributed by atoms with E-state index in [-0.39, 0.29) is 22.9 Å². The third kappa shape index (κ3) is 3.00. The Labute approximate surface area is 246 Å². The zero-order valence-corrected chi connectivity index (χ0v) is 24.3. The number of para-hydroxylation sites is 1. The zero-order valence-electron chi connectivity index (χ0n) is 24.3. The largest absolute Gasteiger partial charge is 0.483 e. The van der Waals surface area contributed by atoms with Crippen LogP contribution in [0.5, 0.6) is 5.75 Å². The van der Waals surface area contributed by atoms with Gasteiger partial charge in [-0.05, 0) is 58.5 Å². The monoisotopic (exact) mass is 543 g/mol. The number of rotatable bonds is 2. The first-order chi connectivity index (χ1) is 20.5. The van der Waals surface area contributed by atoms with Crippen LogP contribution in [0.1, 0.15) is 55.4 Å². The summed E-state index contributed by atoms with van der Waals surface area (Å²) in [5.41, 5.74) is 11.9. The van der Waals surface area contributed by atoms with Gasteiger partial charge in [-0.25, -0.2) is 0 Å². The fourth-order valence-electron chi connectivity index (χ4n) is 8.65. The summed E-state index contributed by atoms with van der Waals surface area (Å²) in [6, 6.07) is 31.6. The molecule has 0 spiro atoms. The van der Waals surface area contributed by atoms with Gasteiger partial charge in [-0.2, -0.15) is 0 Å². The van der Waals surface area contributed by atoms with Crippen molar-refractivity contribution in [2.24, 2.45) is 0 Å². The van der Waals surface area contributed by atoms with Crippen molar-refractivity contribution in [2.45, 2.75) is 50.0 Å². The number of hydrogen-bond acceptors (Lipinski definition) is 1. The molecule has 4 aromatic carbocycles. The molecule has 0 saturated heterocycles. The minimum atomic E-state index is -0.0193. The Morgan fingerprint density at radius 2 is 1.52 bits per heavy atom. The van der Waals surface area contributed by atoms with Gasteiger partial charge in [0.1, 0.15) is 11.9 Å². The molecule has 3 unspecified atom stereocenters. The van der Waals surface area contributed by atoms with Crippen LogP contribution in [-0.4, -0.2) is 10.7 Å². The molecule has 5 aromatic rings. The van der Waals surface area contributed by atoms with E-state index in [2.05, 4.69) is 147 Å². The van der Waals surface area contributed by atoms with E-state index in [1.807, 2.05) is 0 Å². The standard InChI is InChI=1S/C40H33NO/c1-39(2)32-14-6-7-15-33(32)40(3)24-10-13-27(38(39)40)25-18-20-26(21-19-25)41-34-16-8-4-11-28(34)30-22-23-31-29-12-5-9-17-35(29)42-37(31)36(30)41/h4-23,29,35H,24H2,1-3H3. The summed E-state index contributed by atoms with van der Waals surface area (Å²) in [6.07, 6.45) is 14.5. The van der Waals surface area contributed by atoms with Crippen molar-refractivity contribution in [1.82, 2.24) is 4.57 Å². The van der Waals surface area contributed by atoms with Crippen molar-refractivity contribution >= 4 is 27.4 Å². The van der Waals surface area contributed by atoms with Gasteiger partial charge in [0.2, 0.25) is 0 Å². The van der Waals surface area contributed by atoms with E-state index < -0.39 is 0 Å². The number of hydrogen-bond donors (Lipinski definition) is 0. The Morgan fingerprint density at radius 3 is 2.38 bits per heavy atom. The minimum absolute atomic E-state index is 0.0193. The molecule has 4 aliphatic rings. The molecule has 9 rings (SSSR count). The zero-order chi connectivity index (χ0) is 28.2. The highest BCUT2D eigenvalue weighted by Gasteiger charge is 2.50. The Morgan fingerprint density at radius 1 is 0.762 bits per heavy atom. The molecule has 204 valence electrons. The molecule has 0 saturated carbocycles. The summed E-state index contributed by atoms with van der Waals surface area (Å²) in [5.74, 6) is 1.28. The number of benzene rings is 4. The molecule has 3 atom stereocenters. The summed E-state index contributed by atoms with van der Waals surface area (Å²) in [6.45, 7) is 7.25. The second-order valence-electron chi connectivity index (χ2n) is 13.1. The van der Waals surface area contributed by atoms with Gasteiger partial charge >= 0.3 is 0 Å². The van der Waals surface area contributed by atoms with Crippen LogP contribution in [0.15, 0.2) is 127 Å². The van der Waals surface area contributed by atoms with Gasteiger partial charge < -0.3 is 9.30 Å². The van der Waals surface area contributed by atoms with Gasteiger partial charge in [0, 0.05) is 38.8 Å². The number of aromatic nitrogens is 1. The maximum absolute atomic E-state index is 6.67. The molecular weight excluding hydrogens is 510 g/mol. The van der Waals surface area contributed by atoms with Crippen LogP contribution in [0.25, 0.3) is 33.1 Å². The van der Waals surface area contributed by atoms with E-state index in [0.717, 1.165) is 23.4 Å². The lowest BCUT2D eigenvalue weighted by molar-refractivity contribution is 0.271. The molecular formula is C40H33NO. The first-order valence-corrected chi connectivity index (χ1v) is 15.2. The number of nitrogens with zero attached hydrogens (tertiary/aromatic N) is 1. The van der Waals surface area contributed by atoms with E-state index in [9.17, 15) is 0 Å². The second-order valence-corrected chi connectivity index (χ2v) is 13.1. The van der Waals surface area contributed by atoms with Crippen LogP contribution < -0.4 is 4.74 Å². The molecule has 1 aliphatic heterocycles. The highest BCUT2D eigenvalue weighted by Crippen LogP contribution is 2.59. The molecule has 0 amide bonds. The van der Waals surface area contributed by atoms with Crippen LogP contribution >= 0.6 is 0 Å². The van der Waals surface area contributed by atoms with E-state index in [0.29, 0.717) is 0 Å². The molecule has 0 fully saturated rings. The number of allylic oxidation sites excluding steroid dienone is 6. The summed E-state index contributed by atoms with van der Waals surface area (Å²) in [4.78, 5) is 0. The third-order valence-corrected chi connectivity index (χ3v) is 10.4. The van der Waals surface area contributed by atoms with Crippen molar-refractivity contribution in [2.75, 3.05) is 0 Å². The first-order valence-electron chi connectivity index (χ1n) is 15.2. The predicted molar refractivity (Wildman–Crippen MR) is 174 cm³/mol. The second kappa shape index (κ2) is 8.26. The van der Waals surface area contributed by atoms with Crippen molar-refractivity contribution in [3.05, 3.63) is 149 Å². The summed E-state index contributed by atoms with van der Waals surface area (Å²) >= 11 is 0. The molecule has 1 aromatic heterocycles. The highest BCUT2D eigenvalue weighted by atomic mass is 16.5. The molecule has 2 nitrogen and oxygen atoms in total. The van der Waals surface area contributed by atoms with Gasteiger partial charge in [-0.1, -0.05) is 118 Å². The van der Waals surface area contributed by atoms with Crippen LogP contribution in [0.2, 0.25) is 0 Å². The van der Waals surface area contributed by atoms with Crippen molar-refractivity contribution in [3.8, 4) is 11.4 Å². The van der Waals surface area contributed by atoms with Gasteiger partial charge in [-0.15, -0.1) is 0 Å². The van der Waals surface area contributed by atoms with Gasteiger partial charge in [0.25, 0.3) is 0 Å².